The molecule has 3 rings (SSSR count). The van der Waals surface area contributed by atoms with Crippen LogP contribution in [0.3, 0.4) is 0 Å². The highest BCUT2D eigenvalue weighted by Gasteiger charge is 2.47. The molecule has 2 aliphatic rings. The fraction of sp³-hybridized carbons (Fsp3) is 0.519. The molecule has 0 fully saturated rings. The minimum absolute atomic E-state index is 0.224. The average Bonchev–Trinajstić information content (AvgIpc) is 2.81. The number of methoxy groups -OCH3 is 1. The number of ketones is 1. The van der Waals surface area contributed by atoms with Gasteiger partial charge in [-0.1, -0.05) is 32.9 Å². The van der Waals surface area contributed by atoms with Crippen molar-refractivity contribution < 1.29 is 28.6 Å². The number of esters is 2. The first-order valence-corrected chi connectivity index (χ1v) is 12.0. The molecule has 1 aromatic carbocycles. The lowest BCUT2D eigenvalue weighted by Crippen LogP contribution is -2.43. The number of Topliss-reactive ketones (excluding diaryl/α,β-unsaturated/α-hetero) is 1. The highest BCUT2D eigenvalue weighted by Crippen LogP contribution is 2.45. The fourth-order valence-electron chi connectivity index (χ4n) is 4.59. The fourth-order valence-corrected chi connectivity index (χ4v) is 4.59. The molecule has 0 spiro atoms. The van der Waals surface area contributed by atoms with Gasteiger partial charge < -0.3 is 19.5 Å². The minimum Gasteiger partial charge on any atom is -0.494 e. The SMILES string of the molecule is CCCOc1ccc([C@@H]2C(C(=O)O[C@H](C)CC)=C(C)NC3=C2C(=O)[C@H](C(=O)OC)[C@H](C)C3)cc1. The quantitative estimate of drug-likeness (QED) is 0.445. The summed E-state index contributed by atoms with van der Waals surface area (Å²) in [6.45, 7) is 10.1. The van der Waals surface area contributed by atoms with Crippen molar-refractivity contribution >= 4 is 17.7 Å². The van der Waals surface area contributed by atoms with E-state index in [0.29, 0.717) is 42.0 Å². The Balaban J connectivity index is 2.11. The monoisotopic (exact) mass is 469 g/mol. The molecule has 0 unspecified atom stereocenters. The zero-order valence-electron chi connectivity index (χ0n) is 20.9. The predicted octanol–water partition coefficient (Wildman–Crippen LogP) is 4.43. The van der Waals surface area contributed by atoms with Crippen LogP contribution in [0.1, 0.15) is 65.4 Å². The van der Waals surface area contributed by atoms with Crippen molar-refractivity contribution in [1.82, 2.24) is 5.32 Å². The van der Waals surface area contributed by atoms with Gasteiger partial charge >= 0.3 is 11.9 Å². The number of allylic oxidation sites excluding steroid dienone is 3. The lowest BCUT2D eigenvalue weighted by molar-refractivity contribution is -0.151. The molecule has 7 nitrogen and oxygen atoms in total. The normalized spacial score (nSPS) is 23.1. The number of ether oxygens (including phenoxy) is 3. The standard InChI is InChI=1S/C27H35NO6/c1-7-13-33-19-11-9-18(10-12-19)23-22(27(31)34-16(4)8-2)17(5)28-20-14-15(3)21(26(30)32-6)25(29)24(20)23/h9-12,15-16,21,23,28H,7-8,13-14H2,1-6H3/t15-,16-,21-,23-/m1/s1. The maximum atomic E-state index is 13.7. The van der Waals surface area contributed by atoms with E-state index in [1.54, 1.807) is 0 Å². The van der Waals surface area contributed by atoms with E-state index in [0.717, 1.165) is 17.7 Å². The number of nitrogens with one attached hydrogen (secondary N) is 1. The third-order valence-corrected chi connectivity index (χ3v) is 6.53. The van der Waals surface area contributed by atoms with Crippen LogP contribution in [0.15, 0.2) is 46.8 Å². The molecular weight excluding hydrogens is 434 g/mol. The Morgan fingerprint density at radius 1 is 1.18 bits per heavy atom. The first-order valence-electron chi connectivity index (χ1n) is 12.0. The van der Waals surface area contributed by atoms with Gasteiger partial charge in [0.25, 0.3) is 0 Å². The molecule has 0 saturated carbocycles. The third-order valence-electron chi connectivity index (χ3n) is 6.53. The smallest absolute Gasteiger partial charge is 0.337 e. The van der Waals surface area contributed by atoms with Gasteiger partial charge in [-0.3, -0.25) is 9.59 Å². The van der Waals surface area contributed by atoms with E-state index in [1.807, 2.05) is 58.9 Å². The van der Waals surface area contributed by atoms with Gasteiger partial charge in [0, 0.05) is 22.9 Å². The summed E-state index contributed by atoms with van der Waals surface area (Å²) in [5.74, 6) is -2.41. The zero-order chi connectivity index (χ0) is 25.0. The van der Waals surface area contributed by atoms with Gasteiger partial charge in [-0.25, -0.2) is 4.79 Å². The van der Waals surface area contributed by atoms with E-state index in [2.05, 4.69) is 5.32 Å². The number of dihydropyridines is 1. The Labute approximate surface area is 201 Å². The van der Waals surface area contributed by atoms with E-state index in [4.69, 9.17) is 14.2 Å². The lowest BCUT2D eigenvalue weighted by Gasteiger charge is -2.38. The Morgan fingerprint density at radius 3 is 2.44 bits per heavy atom. The molecule has 7 heteroatoms. The summed E-state index contributed by atoms with van der Waals surface area (Å²) >= 11 is 0. The summed E-state index contributed by atoms with van der Waals surface area (Å²) in [5, 5.41) is 3.28. The van der Waals surface area contributed by atoms with Crippen LogP contribution in [-0.4, -0.2) is 37.5 Å². The van der Waals surface area contributed by atoms with Crippen molar-refractivity contribution in [3.63, 3.8) is 0 Å². The lowest BCUT2D eigenvalue weighted by atomic mass is 9.69. The van der Waals surface area contributed by atoms with E-state index >= 15 is 0 Å². The molecule has 0 aromatic heterocycles. The van der Waals surface area contributed by atoms with Crippen molar-refractivity contribution in [3.8, 4) is 5.75 Å². The van der Waals surface area contributed by atoms with Crippen LogP contribution >= 0.6 is 0 Å². The average molecular weight is 470 g/mol. The molecule has 0 amide bonds. The number of carbonyl (C=O) groups is 3. The Hall–Kier alpha value is -3.09. The van der Waals surface area contributed by atoms with E-state index in [1.165, 1.54) is 7.11 Å². The first kappa shape index (κ1) is 25.5. The predicted molar refractivity (Wildman–Crippen MR) is 128 cm³/mol. The van der Waals surface area contributed by atoms with Gasteiger partial charge in [0.2, 0.25) is 0 Å². The summed E-state index contributed by atoms with van der Waals surface area (Å²) in [6, 6.07) is 7.42. The molecule has 1 aliphatic heterocycles. The van der Waals surface area contributed by atoms with Gasteiger partial charge in [-0.05, 0) is 56.7 Å². The molecule has 1 aromatic rings. The molecule has 4 atom stereocenters. The molecular formula is C27H35NO6. The molecule has 0 saturated heterocycles. The van der Waals surface area contributed by atoms with E-state index in [-0.39, 0.29) is 17.8 Å². The number of carbonyl (C=O) groups excluding carboxylic acids is 3. The van der Waals surface area contributed by atoms with Gasteiger partial charge in [0.05, 0.1) is 25.4 Å². The molecule has 0 radical (unpaired) electrons. The van der Waals surface area contributed by atoms with Crippen molar-refractivity contribution in [2.75, 3.05) is 13.7 Å². The summed E-state index contributed by atoms with van der Waals surface area (Å²) in [7, 11) is 1.29. The Morgan fingerprint density at radius 2 is 1.85 bits per heavy atom. The molecule has 184 valence electrons. The second-order valence-electron chi connectivity index (χ2n) is 9.08. The van der Waals surface area contributed by atoms with Gasteiger partial charge in [0.15, 0.2) is 5.78 Å². The summed E-state index contributed by atoms with van der Waals surface area (Å²) < 4.78 is 16.3. The van der Waals surface area contributed by atoms with Crippen molar-refractivity contribution in [3.05, 3.63) is 52.4 Å². The molecule has 0 bridgehead atoms. The highest BCUT2D eigenvalue weighted by molar-refractivity contribution is 6.12. The number of hydrogen-bond donors (Lipinski definition) is 1. The van der Waals surface area contributed by atoms with Gasteiger partial charge in [-0.15, -0.1) is 0 Å². The molecule has 1 aliphatic carbocycles. The first-order chi connectivity index (χ1) is 16.2. The van der Waals surface area contributed by atoms with E-state index in [9.17, 15) is 14.4 Å². The second-order valence-corrected chi connectivity index (χ2v) is 9.08. The summed E-state index contributed by atoms with van der Waals surface area (Å²) in [4.78, 5) is 39.5. The topological polar surface area (TPSA) is 90.9 Å². The van der Waals surface area contributed by atoms with Crippen LogP contribution in [0.2, 0.25) is 0 Å². The van der Waals surface area contributed by atoms with Crippen LogP contribution in [0.5, 0.6) is 5.75 Å². The van der Waals surface area contributed by atoms with Crippen LogP contribution in [0.4, 0.5) is 0 Å². The second kappa shape index (κ2) is 10.9. The van der Waals surface area contributed by atoms with Crippen LogP contribution < -0.4 is 10.1 Å². The minimum atomic E-state index is -0.912. The van der Waals surface area contributed by atoms with Gasteiger partial charge in [0.1, 0.15) is 11.7 Å². The molecule has 1 N–H and O–H groups in total. The van der Waals surface area contributed by atoms with Crippen molar-refractivity contribution in [2.24, 2.45) is 11.8 Å². The number of rotatable bonds is 8. The molecule has 1 heterocycles. The zero-order valence-corrected chi connectivity index (χ0v) is 20.9. The van der Waals surface area contributed by atoms with Crippen molar-refractivity contribution in [2.45, 2.75) is 65.9 Å². The highest BCUT2D eigenvalue weighted by atomic mass is 16.5. The summed E-state index contributed by atoms with van der Waals surface area (Å²) in [6.07, 6.45) is 1.80. The largest absolute Gasteiger partial charge is 0.494 e. The number of benzene rings is 1. The maximum Gasteiger partial charge on any atom is 0.337 e. The summed E-state index contributed by atoms with van der Waals surface area (Å²) in [5.41, 5.74) is 2.97. The molecule has 34 heavy (non-hydrogen) atoms. The van der Waals surface area contributed by atoms with Crippen LogP contribution in [-0.2, 0) is 23.9 Å². The van der Waals surface area contributed by atoms with Crippen molar-refractivity contribution in [1.29, 1.82) is 0 Å². The Kier molecular flexibility index (Phi) is 8.18. The Bertz CT molecular complexity index is 1010. The van der Waals surface area contributed by atoms with Crippen LogP contribution in [0, 0.1) is 11.8 Å². The number of hydrogen-bond acceptors (Lipinski definition) is 7. The third kappa shape index (κ3) is 5.03. The van der Waals surface area contributed by atoms with E-state index < -0.39 is 23.8 Å². The van der Waals surface area contributed by atoms with Gasteiger partial charge in [-0.2, -0.15) is 0 Å². The maximum absolute atomic E-state index is 13.7. The van der Waals surface area contributed by atoms with Crippen LogP contribution in [0.25, 0.3) is 0 Å².